The quantitative estimate of drug-likeness (QED) is 0.748. The van der Waals surface area contributed by atoms with Gasteiger partial charge in [0, 0.05) is 31.9 Å². The van der Waals surface area contributed by atoms with Gasteiger partial charge in [-0.2, -0.15) is 0 Å². The maximum absolute atomic E-state index is 13.2. The molecule has 162 valence electrons. The monoisotopic (exact) mass is 424 g/mol. The van der Waals surface area contributed by atoms with Gasteiger partial charge in [-0.15, -0.1) is 0 Å². The van der Waals surface area contributed by atoms with Crippen LogP contribution >= 0.6 is 0 Å². The molecular formula is C23H25FN4O3. The molecule has 0 aromatic heterocycles. The number of piperazine rings is 1. The number of imide groups is 1. The average molecular weight is 424 g/mol. The molecular weight excluding hydrogens is 399 g/mol. The molecule has 1 atom stereocenters. The predicted octanol–water partition coefficient (Wildman–Crippen LogP) is 2.33. The molecule has 0 unspecified atom stereocenters. The highest BCUT2D eigenvalue weighted by atomic mass is 19.1. The smallest absolute Gasteiger partial charge is 0.325 e. The van der Waals surface area contributed by atoms with E-state index in [1.807, 2.05) is 37.3 Å². The van der Waals surface area contributed by atoms with Crippen molar-refractivity contribution in [3.05, 3.63) is 66.0 Å². The van der Waals surface area contributed by atoms with Crippen molar-refractivity contribution in [2.45, 2.75) is 18.9 Å². The molecule has 2 aromatic carbocycles. The first-order chi connectivity index (χ1) is 14.9. The van der Waals surface area contributed by atoms with Crippen LogP contribution in [-0.2, 0) is 15.1 Å². The molecule has 2 aliphatic heterocycles. The van der Waals surface area contributed by atoms with E-state index in [4.69, 9.17) is 0 Å². The Morgan fingerprint density at radius 2 is 1.65 bits per heavy atom. The van der Waals surface area contributed by atoms with Gasteiger partial charge in [0.05, 0.1) is 0 Å². The van der Waals surface area contributed by atoms with E-state index in [-0.39, 0.29) is 18.3 Å². The summed E-state index contributed by atoms with van der Waals surface area (Å²) >= 11 is 0. The fraction of sp³-hybridized carbons (Fsp3) is 0.348. The van der Waals surface area contributed by atoms with Gasteiger partial charge in [0.15, 0.2) is 0 Å². The molecule has 2 saturated heterocycles. The van der Waals surface area contributed by atoms with Crippen LogP contribution in [0, 0.1) is 5.82 Å². The molecule has 0 spiro atoms. The molecule has 2 fully saturated rings. The Morgan fingerprint density at radius 3 is 2.26 bits per heavy atom. The first kappa shape index (κ1) is 20.8. The number of benzene rings is 2. The molecule has 0 aliphatic carbocycles. The zero-order chi connectivity index (χ0) is 22.0. The van der Waals surface area contributed by atoms with Crippen LogP contribution in [0.1, 0.15) is 18.9 Å². The lowest BCUT2D eigenvalue weighted by Crippen LogP contribution is -2.52. The minimum atomic E-state index is -1.14. The number of carbonyl (C=O) groups excluding carboxylic acids is 3. The van der Waals surface area contributed by atoms with Crippen LogP contribution in [0.3, 0.4) is 0 Å². The van der Waals surface area contributed by atoms with Gasteiger partial charge >= 0.3 is 6.03 Å². The standard InChI is InChI=1S/C23H25FN4O3/c1-2-23(17-6-4-3-5-7-17)21(30)28(22(31)25-23)16-20(29)27-14-12-26(13-15-27)19-10-8-18(24)9-11-19/h3-11H,2,12-16H2,1H3,(H,25,31)/t23-/m1/s1. The first-order valence-electron chi connectivity index (χ1n) is 10.4. The molecule has 2 heterocycles. The highest BCUT2D eigenvalue weighted by molar-refractivity contribution is 6.09. The number of hydrogen-bond donors (Lipinski definition) is 1. The summed E-state index contributed by atoms with van der Waals surface area (Å²) in [6.07, 6.45) is 0.391. The summed E-state index contributed by atoms with van der Waals surface area (Å²) in [6, 6.07) is 14.8. The second-order valence-corrected chi connectivity index (χ2v) is 7.79. The summed E-state index contributed by atoms with van der Waals surface area (Å²) in [7, 11) is 0. The van der Waals surface area contributed by atoms with Crippen molar-refractivity contribution in [2.24, 2.45) is 0 Å². The summed E-state index contributed by atoms with van der Waals surface area (Å²) in [5, 5.41) is 2.80. The molecule has 0 radical (unpaired) electrons. The average Bonchev–Trinajstić information content (AvgIpc) is 3.05. The maximum Gasteiger partial charge on any atom is 0.325 e. The molecule has 4 rings (SSSR count). The maximum atomic E-state index is 13.2. The van der Waals surface area contributed by atoms with Gasteiger partial charge in [0.25, 0.3) is 5.91 Å². The number of anilines is 1. The Bertz CT molecular complexity index is 974. The minimum absolute atomic E-state index is 0.262. The molecule has 8 heteroatoms. The number of urea groups is 1. The molecule has 2 aliphatic rings. The Kier molecular flexibility index (Phi) is 5.63. The van der Waals surface area contributed by atoms with Crippen LogP contribution < -0.4 is 10.2 Å². The summed E-state index contributed by atoms with van der Waals surface area (Å²) in [5.74, 6) is -0.948. The van der Waals surface area contributed by atoms with Crippen molar-refractivity contribution in [2.75, 3.05) is 37.6 Å². The zero-order valence-corrected chi connectivity index (χ0v) is 17.4. The lowest BCUT2D eigenvalue weighted by Gasteiger charge is -2.36. The Morgan fingerprint density at radius 1 is 1.00 bits per heavy atom. The van der Waals surface area contributed by atoms with E-state index in [0.717, 1.165) is 10.6 Å². The molecule has 31 heavy (non-hydrogen) atoms. The number of halogens is 1. The molecule has 1 N–H and O–H groups in total. The zero-order valence-electron chi connectivity index (χ0n) is 17.4. The van der Waals surface area contributed by atoms with Gasteiger partial charge in [-0.1, -0.05) is 37.3 Å². The predicted molar refractivity (Wildman–Crippen MR) is 114 cm³/mol. The molecule has 4 amide bonds. The van der Waals surface area contributed by atoms with Crippen molar-refractivity contribution in [1.29, 1.82) is 0 Å². The number of hydrogen-bond acceptors (Lipinski definition) is 4. The van der Waals surface area contributed by atoms with Crippen LogP contribution in [0.2, 0.25) is 0 Å². The second-order valence-electron chi connectivity index (χ2n) is 7.79. The van der Waals surface area contributed by atoms with Gasteiger partial charge in [0.1, 0.15) is 17.9 Å². The van der Waals surface area contributed by atoms with E-state index in [1.54, 1.807) is 17.0 Å². The van der Waals surface area contributed by atoms with Gasteiger partial charge in [0.2, 0.25) is 5.91 Å². The van der Waals surface area contributed by atoms with E-state index in [2.05, 4.69) is 10.2 Å². The highest BCUT2D eigenvalue weighted by Gasteiger charge is 2.51. The number of carbonyl (C=O) groups is 3. The molecule has 2 aromatic rings. The summed E-state index contributed by atoms with van der Waals surface area (Å²) < 4.78 is 13.1. The minimum Gasteiger partial charge on any atom is -0.368 e. The molecule has 0 saturated carbocycles. The molecule has 0 bridgehead atoms. The van der Waals surface area contributed by atoms with Gasteiger partial charge in [-0.3, -0.25) is 14.5 Å². The van der Waals surface area contributed by atoms with Crippen LogP contribution in [0.4, 0.5) is 14.9 Å². The van der Waals surface area contributed by atoms with Crippen molar-refractivity contribution >= 4 is 23.5 Å². The number of nitrogens with zero attached hydrogens (tertiary/aromatic N) is 3. The number of rotatable bonds is 5. The van der Waals surface area contributed by atoms with Crippen molar-refractivity contribution in [1.82, 2.24) is 15.1 Å². The SMILES string of the molecule is CC[C@]1(c2ccccc2)NC(=O)N(CC(=O)N2CCN(c3ccc(F)cc3)CC2)C1=O. The fourth-order valence-corrected chi connectivity index (χ4v) is 4.23. The summed E-state index contributed by atoms with van der Waals surface area (Å²) in [4.78, 5) is 43.4. The third-order valence-electron chi connectivity index (χ3n) is 6.09. The van der Waals surface area contributed by atoms with Crippen molar-refractivity contribution < 1.29 is 18.8 Å². The van der Waals surface area contributed by atoms with Crippen molar-refractivity contribution in [3.8, 4) is 0 Å². The van der Waals surface area contributed by atoms with E-state index in [9.17, 15) is 18.8 Å². The third kappa shape index (κ3) is 3.85. The van der Waals surface area contributed by atoms with Gasteiger partial charge in [-0.25, -0.2) is 9.18 Å². The molecule has 7 nitrogen and oxygen atoms in total. The lowest BCUT2D eigenvalue weighted by atomic mass is 9.87. The van der Waals surface area contributed by atoms with E-state index >= 15 is 0 Å². The topological polar surface area (TPSA) is 73.0 Å². The number of nitrogens with one attached hydrogen (secondary N) is 1. The fourth-order valence-electron chi connectivity index (χ4n) is 4.23. The Hall–Kier alpha value is -3.42. The Labute approximate surface area is 180 Å². The first-order valence-corrected chi connectivity index (χ1v) is 10.4. The highest BCUT2D eigenvalue weighted by Crippen LogP contribution is 2.32. The van der Waals surface area contributed by atoms with Crippen molar-refractivity contribution in [3.63, 3.8) is 0 Å². The second kappa shape index (κ2) is 8.37. The largest absolute Gasteiger partial charge is 0.368 e. The van der Waals surface area contributed by atoms with E-state index in [0.29, 0.717) is 38.2 Å². The summed E-state index contributed by atoms with van der Waals surface area (Å²) in [6.45, 7) is 3.69. The number of amides is 4. The van der Waals surface area contributed by atoms with Gasteiger partial charge < -0.3 is 15.1 Å². The van der Waals surface area contributed by atoms with E-state index in [1.165, 1.54) is 12.1 Å². The van der Waals surface area contributed by atoms with Crippen LogP contribution in [0.25, 0.3) is 0 Å². The van der Waals surface area contributed by atoms with Crippen LogP contribution in [-0.4, -0.2) is 60.4 Å². The third-order valence-corrected chi connectivity index (χ3v) is 6.09. The lowest BCUT2D eigenvalue weighted by molar-refractivity contribution is -0.139. The van der Waals surface area contributed by atoms with Gasteiger partial charge in [-0.05, 0) is 36.2 Å². The van der Waals surface area contributed by atoms with E-state index < -0.39 is 17.5 Å². The Balaban J connectivity index is 1.40. The van der Waals surface area contributed by atoms with Crippen LogP contribution in [0.5, 0.6) is 0 Å². The van der Waals surface area contributed by atoms with Crippen LogP contribution in [0.15, 0.2) is 54.6 Å². The normalized spacial score (nSPS) is 21.4. The summed E-state index contributed by atoms with van der Waals surface area (Å²) in [5.41, 5.74) is 0.469.